The summed E-state index contributed by atoms with van der Waals surface area (Å²) in [6.07, 6.45) is 0.918. The first-order valence-electron chi connectivity index (χ1n) is 6.54. The first-order chi connectivity index (χ1) is 9.11. The van der Waals surface area contributed by atoms with Crippen molar-refractivity contribution in [1.29, 1.82) is 0 Å². The maximum atomic E-state index is 12.5. The van der Waals surface area contributed by atoms with E-state index in [2.05, 4.69) is 10.9 Å². The van der Waals surface area contributed by atoms with Crippen LogP contribution in [0.25, 0.3) is 0 Å². The molecule has 1 aromatic rings. The van der Waals surface area contributed by atoms with Crippen LogP contribution >= 0.6 is 0 Å². The van der Waals surface area contributed by atoms with E-state index in [9.17, 15) is 9.59 Å². The molecule has 1 saturated heterocycles. The van der Waals surface area contributed by atoms with E-state index in [-0.39, 0.29) is 17.9 Å². The normalized spacial score (nSPS) is 18.8. The summed E-state index contributed by atoms with van der Waals surface area (Å²) >= 11 is 0. The van der Waals surface area contributed by atoms with Crippen LogP contribution in [0.1, 0.15) is 25.3 Å². The SMILES string of the molecule is CCN(C(=O)C1CCC(=O)NN1)c1cccc(C)c1. The van der Waals surface area contributed by atoms with Crippen molar-refractivity contribution in [3.05, 3.63) is 29.8 Å². The van der Waals surface area contributed by atoms with Crippen molar-refractivity contribution in [2.75, 3.05) is 11.4 Å². The Labute approximate surface area is 112 Å². The molecule has 1 aromatic carbocycles. The lowest BCUT2D eigenvalue weighted by Gasteiger charge is -2.29. The Morgan fingerprint density at radius 2 is 2.26 bits per heavy atom. The summed E-state index contributed by atoms with van der Waals surface area (Å²) in [5.41, 5.74) is 7.31. The maximum absolute atomic E-state index is 12.5. The van der Waals surface area contributed by atoms with Crippen LogP contribution in [0.5, 0.6) is 0 Å². The molecular weight excluding hydrogens is 242 g/mol. The minimum atomic E-state index is -0.349. The highest BCUT2D eigenvalue weighted by Crippen LogP contribution is 2.18. The standard InChI is InChI=1S/C14H19N3O2/c1-3-17(11-6-4-5-10(2)9-11)14(19)12-7-8-13(18)16-15-12/h4-6,9,12,15H,3,7-8H2,1-2H3,(H,16,18). The molecule has 102 valence electrons. The Balaban J connectivity index is 2.13. The van der Waals surface area contributed by atoms with Crippen molar-refractivity contribution in [2.24, 2.45) is 0 Å². The fraction of sp³-hybridized carbons (Fsp3) is 0.429. The van der Waals surface area contributed by atoms with E-state index in [1.54, 1.807) is 4.90 Å². The molecule has 1 heterocycles. The zero-order valence-corrected chi connectivity index (χ0v) is 11.3. The summed E-state index contributed by atoms with van der Waals surface area (Å²) in [4.78, 5) is 25.3. The number of anilines is 1. The predicted octanol–water partition coefficient (Wildman–Crippen LogP) is 1.13. The smallest absolute Gasteiger partial charge is 0.245 e. The third-order valence-corrected chi connectivity index (χ3v) is 3.24. The van der Waals surface area contributed by atoms with E-state index in [1.165, 1.54) is 0 Å². The van der Waals surface area contributed by atoms with Crippen molar-refractivity contribution >= 4 is 17.5 Å². The molecule has 5 nitrogen and oxygen atoms in total. The number of carbonyl (C=O) groups excluding carboxylic acids is 2. The number of likely N-dealkylation sites (N-methyl/N-ethyl adjacent to an activating group) is 1. The van der Waals surface area contributed by atoms with Gasteiger partial charge in [0.15, 0.2) is 0 Å². The van der Waals surface area contributed by atoms with Crippen LogP contribution in [-0.4, -0.2) is 24.4 Å². The largest absolute Gasteiger partial charge is 0.311 e. The zero-order valence-electron chi connectivity index (χ0n) is 11.3. The second-order valence-electron chi connectivity index (χ2n) is 4.71. The number of hydrogen-bond donors (Lipinski definition) is 2. The number of aryl methyl sites for hydroxylation is 1. The third kappa shape index (κ3) is 3.12. The molecule has 0 bridgehead atoms. The molecule has 2 amide bonds. The van der Waals surface area contributed by atoms with Crippen molar-refractivity contribution in [1.82, 2.24) is 10.9 Å². The van der Waals surface area contributed by atoms with Gasteiger partial charge in [0.05, 0.1) is 0 Å². The molecule has 1 aliphatic heterocycles. The monoisotopic (exact) mass is 261 g/mol. The molecule has 0 aromatic heterocycles. The lowest BCUT2D eigenvalue weighted by molar-refractivity contribution is -0.127. The quantitative estimate of drug-likeness (QED) is 0.857. The minimum Gasteiger partial charge on any atom is -0.311 e. The van der Waals surface area contributed by atoms with Crippen LogP contribution in [-0.2, 0) is 9.59 Å². The van der Waals surface area contributed by atoms with Gasteiger partial charge in [0.2, 0.25) is 11.8 Å². The fourth-order valence-electron chi connectivity index (χ4n) is 2.21. The maximum Gasteiger partial charge on any atom is 0.245 e. The Morgan fingerprint density at radius 3 is 2.84 bits per heavy atom. The molecule has 1 atom stereocenters. The van der Waals surface area contributed by atoms with Gasteiger partial charge in [-0.2, -0.15) is 0 Å². The summed E-state index contributed by atoms with van der Waals surface area (Å²) in [6.45, 7) is 4.55. The van der Waals surface area contributed by atoms with E-state index in [0.29, 0.717) is 19.4 Å². The van der Waals surface area contributed by atoms with Gasteiger partial charge in [0, 0.05) is 18.7 Å². The predicted molar refractivity (Wildman–Crippen MR) is 73.5 cm³/mol. The molecule has 0 radical (unpaired) electrons. The van der Waals surface area contributed by atoms with Gasteiger partial charge in [-0.3, -0.25) is 15.0 Å². The second kappa shape index (κ2) is 5.84. The summed E-state index contributed by atoms with van der Waals surface area (Å²) < 4.78 is 0. The van der Waals surface area contributed by atoms with Crippen LogP contribution in [0.2, 0.25) is 0 Å². The molecule has 0 spiro atoms. The van der Waals surface area contributed by atoms with Crippen LogP contribution in [0.3, 0.4) is 0 Å². The molecule has 0 saturated carbocycles. The van der Waals surface area contributed by atoms with Crippen molar-refractivity contribution in [3.63, 3.8) is 0 Å². The number of hydrogen-bond acceptors (Lipinski definition) is 3. The van der Waals surface area contributed by atoms with Gasteiger partial charge >= 0.3 is 0 Å². The summed E-state index contributed by atoms with van der Waals surface area (Å²) in [6, 6.07) is 7.51. The van der Waals surface area contributed by atoms with Gasteiger partial charge in [-0.05, 0) is 38.0 Å². The molecule has 1 unspecified atom stereocenters. The zero-order chi connectivity index (χ0) is 13.8. The summed E-state index contributed by atoms with van der Waals surface area (Å²) in [5.74, 6) is -0.0734. The van der Waals surface area contributed by atoms with Crippen molar-refractivity contribution < 1.29 is 9.59 Å². The fourth-order valence-corrected chi connectivity index (χ4v) is 2.21. The van der Waals surface area contributed by atoms with Crippen LogP contribution < -0.4 is 15.8 Å². The first kappa shape index (κ1) is 13.5. The lowest BCUT2D eigenvalue weighted by Crippen LogP contribution is -2.56. The van der Waals surface area contributed by atoms with Crippen LogP contribution in [0, 0.1) is 6.92 Å². The highest BCUT2D eigenvalue weighted by atomic mass is 16.2. The molecule has 0 aliphatic carbocycles. The Morgan fingerprint density at radius 1 is 1.47 bits per heavy atom. The average Bonchev–Trinajstić information content (AvgIpc) is 2.40. The van der Waals surface area contributed by atoms with E-state index < -0.39 is 0 Å². The Bertz CT molecular complexity index is 477. The number of carbonyl (C=O) groups is 2. The van der Waals surface area contributed by atoms with E-state index in [1.807, 2.05) is 38.1 Å². The molecular formula is C14H19N3O2. The topological polar surface area (TPSA) is 61.4 Å². The van der Waals surface area contributed by atoms with Gasteiger partial charge in [-0.25, -0.2) is 5.43 Å². The third-order valence-electron chi connectivity index (χ3n) is 3.24. The van der Waals surface area contributed by atoms with Crippen LogP contribution in [0.4, 0.5) is 5.69 Å². The molecule has 5 heteroatoms. The number of benzene rings is 1. The first-order valence-corrected chi connectivity index (χ1v) is 6.54. The second-order valence-corrected chi connectivity index (χ2v) is 4.71. The van der Waals surface area contributed by atoms with E-state index >= 15 is 0 Å². The highest BCUT2D eigenvalue weighted by molar-refractivity contribution is 5.98. The highest BCUT2D eigenvalue weighted by Gasteiger charge is 2.28. The van der Waals surface area contributed by atoms with Gasteiger partial charge in [0.1, 0.15) is 6.04 Å². The number of amides is 2. The minimum absolute atomic E-state index is 0.00639. The van der Waals surface area contributed by atoms with Crippen molar-refractivity contribution in [3.8, 4) is 0 Å². The molecule has 2 rings (SSSR count). The molecule has 19 heavy (non-hydrogen) atoms. The molecule has 1 fully saturated rings. The van der Waals surface area contributed by atoms with E-state index in [4.69, 9.17) is 0 Å². The summed E-state index contributed by atoms with van der Waals surface area (Å²) in [5, 5.41) is 0. The van der Waals surface area contributed by atoms with Crippen molar-refractivity contribution in [2.45, 2.75) is 32.7 Å². The molecule has 1 aliphatic rings. The Hall–Kier alpha value is -1.88. The summed E-state index contributed by atoms with van der Waals surface area (Å²) in [7, 11) is 0. The molecule has 2 N–H and O–H groups in total. The van der Waals surface area contributed by atoms with Gasteiger partial charge in [0.25, 0.3) is 0 Å². The van der Waals surface area contributed by atoms with Gasteiger partial charge in [-0.1, -0.05) is 12.1 Å². The number of rotatable bonds is 3. The average molecular weight is 261 g/mol. The number of hydrazine groups is 1. The van der Waals surface area contributed by atoms with Crippen LogP contribution in [0.15, 0.2) is 24.3 Å². The van der Waals surface area contributed by atoms with Gasteiger partial charge < -0.3 is 4.90 Å². The number of nitrogens with zero attached hydrogens (tertiary/aromatic N) is 1. The number of nitrogens with one attached hydrogen (secondary N) is 2. The van der Waals surface area contributed by atoms with E-state index in [0.717, 1.165) is 11.3 Å². The lowest BCUT2D eigenvalue weighted by atomic mass is 10.1. The van der Waals surface area contributed by atoms with Gasteiger partial charge in [-0.15, -0.1) is 0 Å². The Kier molecular flexibility index (Phi) is 4.16.